The number of ketones is 1. The van der Waals surface area contributed by atoms with Crippen molar-refractivity contribution in [3.05, 3.63) is 0 Å². The molecule has 2 saturated heterocycles. The lowest BCUT2D eigenvalue weighted by Crippen LogP contribution is -2.64. The standard InChI is InChI=1S/C27H42O5/c1-14-7-10-27(31-13-14)15(2)21-20(32-27)12-19-18-6-5-16-11-17(28)8-9-25(16,3)22(18)23(29)24(30)26(19,21)4/h14-22,24,28,30H,5-13H2,1-4H3/t14?,15-,16?,17?,18-,19-,20-,21-,22+,24?,25-,26-,27+/m0/s1. The maximum absolute atomic E-state index is 14.0. The Morgan fingerprint density at radius 3 is 2.50 bits per heavy atom. The molecule has 4 aliphatic carbocycles. The number of hydrogen-bond donors (Lipinski definition) is 2. The van der Waals surface area contributed by atoms with Crippen molar-refractivity contribution in [2.45, 2.75) is 103 Å². The van der Waals surface area contributed by atoms with Gasteiger partial charge in [0.1, 0.15) is 6.10 Å². The number of aliphatic hydroxyl groups is 2. The summed E-state index contributed by atoms with van der Waals surface area (Å²) in [6.07, 6.45) is 6.54. The monoisotopic (exact) mass is 446 g/mol. The molecule has 6 fully saturated rings. The lowest BCUT2D eigenvalue weighted by atomic mass is 9.43. The molecule has 180 valence electrons. The molecule has 2 heterocycles. The molecule has 0 bridgehead atoms. The predicted octanol–water partition coefficient (Wildman–Crippen LogP) is 3.94. The molecule has 1 spiro atoms. The zero-order valence-corrected chi connectivity index (χ0v) is 20.3. The molecule has 0 amide bonds. The quantitative estimate of drug-likeness (QED) is 0.589. The largest absolute Gasteiger partial charge is 0.393 e. The summed E-state index contributed by atoms with van der Waals surface area (Å²) in [5.74, 6) is 1.45. The summed E-state index contributed by atoms with van der Waals surface area (Å²) < 4.78 is 13.1. The average molecular weight is 447 g/mol. The number of Topliss-reactive ketones (excluding diaryl/α,β-unsaturated/α-hetero) is 1. The summed E-state index contributed by atoms with van der Waals surface area (Å²) in [5.41, 5.74) is -0.523. The van der Waals surface area contributed by atoms with Crippen LogP contribution in [0.25, 0.3) is 0 Å². The molecular weight excluding hydrogens is 404 g/mol. The van der Waals surface area contributed by atoms with Crippen LogP contribution in [0, 0.1) is 52.3 Å². The molecule has 2 N–H and O–H groups in total. The van der Waals surface area contributed by atoms with E-state index in [4.69, 9.17) is 9.47 Å². The van der Waals surface area contributed by atoms with Crippen LogP contribution < -0.4 is 0 Å². The first kappa shape index (κ1) is 22.0. The first-order chi connectivity index (χ1) is 15.1. The molecule has 4 saturated carbocycles. The van der Waals surface area contributed by atoms with Crippen LogP contribution in [0.2, 0.25) is 0 Å². The first-order valence-corrected chi connectivity index (χ1v) is 13.3. The van der Waals surface area contributed by atoms with E-state index in [2.05, 4.69) is 27.7 Å². The smallest absolute Gasteiger partial charge is 0.171 e. The SMILES string of the molecule is CC1CC[C@@]2(OC1)O[C@H]1C[C@H]3[C@@H]4CCC5CC(O)CC[C@]5(C)[C@H]4C(=O)C(O)[C@]3(C)[C@H]1[C@@H]2C. The molecule has 5 nitrogen and oxygen atoms in total. The highest BCUT2D eigenvalue weighted by atomic mass is 16.7. The second kappa shape index (κ2) is 7.02. The Morgan fingerprint density at radius 1 is 1.00 bits per heavy atom. The third kappa shape index (κ3) is 2.63. The number of rotatable bonds is 0. The summed E-state index contributed by atoms with van der Waals surface area (Å²) in [7, 11) is 0. The van der Waals surface area contributed by atoms with E-state index >= 15 is 0 Å². The number of hydrogen-bond acceptors (Lipinski definition) is 5. The van der Waals surface area contributed by atoms with Gasteiger partial charge in [-0.2, -0.15) is 0 Å². The average Bonchev–Trinajstić information content (AvgIpc) is 3.20. The summed E-state index contributed by atoms with van der Waals surface area (Å²) in [6.45, 7) is 9.70. The third-order valence-electron chi connectivity index (χ3n) is 11.8. The van der Waals surface area contributed by atoms with E-state index in [0.717, 1.165) is 58.0 Å². The van der Waals surface area contributed by atoms with Crippen molar-refractivity contribution in [3.8, 4) is 0 Å². The highest BCUT2D eigenvalue weighted by Gasteiger charge is 2.73. The molecule has 0 radical (unpaired) electrons. The van der Waals surface area contributed by atoms with Gasteiger partial charge in [0.05, 0.1) is 18.8 Å². The van der Waals surface area contributed by atoms with Crippen molar-refractivity contribution >= 4 is 5.78 Å². The second-order valence-corrected chi connectivity index (χ2v) is 13.1. The van der Waals surface area contributed by atoms with Gasteiger partial charge in [-0.15, -0.1) is 0 Å². The zero-order valence-electron chi connectivity index (χ0n) is 20.3. The molecule has 0 aromatic rings. The number of carbonyl (C=O) groups excluding carboxylic acids is 1. The minimum absolute atomic E-state index is 0.0725. The number of carbonyl (C=O) groups is 1. The maximum atomic E-state index is 14.0. The van der Waals surface area contributed by atoms with E-state index in [1.165, 1.54) is 0 Å². The van der Waals surface area contributed by atoms with Crippen LogP contribution in [0.1, 0.15) is 79.1 Å². The van der Waals surface area contributed by atoms with Crippen LogP contribution in [0.3, 0.4) is 0 Å². The minimum atomic E-state index is -0.921. The van der Waals surface area contributed by atoms with Gasteiger partial charge in [-0.3, -0.25) is 4.79 Å². The van der Waals surface area contributed by atoms with Crippen molar-refractivity contribution in [2.24, 2.45) is 52.3 Å². The van der Waals surface area contributed by atoms with Crippen LogP contribution in [0.5, 0.6) is 0 Å². The van der Waals surface area contributed by atoms with E-state index in [9.17, 15) is 15.0 Å². The molecule has 32 heavy (non-hydrogen) atoms. The molecule has 0 aromatic heterocycles. The summed E-state index contributed by atoms with van der Waals surface area (Å²) in [6, 6.07) is 0. The fraction of sp³-hybridized carbons (Fsp3) is 0.963. The van der Waals surface area contributed by atoms with E-state index in [-0.39, 0.29) is 41.2 Å². The molecule has 5 heteroatoms. The summed E-state index contributed by atoms with van der Waals surface area (Å²) in [5, 5.41) is 22.0. The van der Waals surface area contributed by atoms with Crippen LogP contribution in [0.4, 0.5) is 0 Å². The van der Waals surface area contributed by atoms with Gasteiger partial charge in [-0.05, 0) is 74.0 Å². The normalized spacial score (nSPS) is 61.8. The molecule has 4 unspecified atom stereocenters. The Hall–Kier alpha value is -0.490. The second-order valence-electron chi connectivity index (χ2n) is 13.1. The maximum Gasteiger partial charge on any atom is 0.171 e. The highest BCUT2D eigenvalue weighted by molar-refractivity contribution is 5.88. The predicted molar refractivity (Wildman–Crippen MR) is 120 cm³/mol. The topological polar surface area (TPSA) is 76.0 Å². The zero-order chi connectivity index (χ0) is 22.6. The Kier molecular flexibility index (Phi) is 4.83. The van der Waals surface area contributed by atoms with Crippen molar-refractivity contribution in [3.63, 3.8) is 0 Å². The number of ether oxygens (including phenoxy) is 2. The number of aliphatic hydroxyl groups excluding tert-OH is 2. The molecule has 6 rings (SSSR count). The molecule has 0 aromatic carbocycles. The Bertz CT molecular complexity index is 789. The van der Waals surface area contributed by atoms with Gasteiger partial charge in [0, 0.05) is 29.6 Å². The fourth-order valence-corrected chi connectivity index (χ4v) is 10.0. The lowest BCUT2D eigenvalue weighted by Gasteiger charge is -2.61. The first-order valence-electron chi connectivity index (χ1n) is 13.3. The van der Waals surface area contributed by atoms with Gasteiger partial charge in [0.2, 0.25) is 0 Å². The van der Waals surface area contributed by atoms with Crippen LogP contribution in [-0.2, 0) is 14.3 Å². The highest BCUT2D eigenvalue weighted by Crippen LogP contribution is 2.70. The Morgan fingerprint density at radius 2 is 1.78 bits per heavy atom. The van der Waals surface area contributed by atoms with Crippen molar-refractivity contribution in [1.82, 2.24) is 0 Å². The molecule has 2 aliphatic heterocycles. The van der Waals surface area contributed by atoms with Crippen molar-refractivity contribution in [2.75, 3.05) is 6.61 Å². The third-order valence-corrected chi connectivity index (χ3v) is 11.8. The van der Waals surface area contributed by atoms with Crippen molar-refractivity contribution in [1.29, 1.82) is 0 Å². The van der Waals surface area contributed by atoms with Gasteiger partial charge in [0.15, 0.2) is 11.6 Å². The Labute approximate surface area is 192 Å². The summed E-state index contributed by atoms with van der Waals surface area (Å²) >= 11 is 0. The summed E-state index contributed by atoms with van der Waals surface area (Å²) in [4.78, 5) is 14.0. The van der Waals surface area contributed by atoms with E-state index in [0.29, 0.717) is 23.7 Å². The molecule has 6 aliphatic rings. The Balaban J connectivity index is 1.34. The fourth-order valence-electron chi connectivity index (χ4n) is 10.0. The van der Waals surface area contributed by atoms with E-state index in [1.807, 2.05) is 0 Å². The van der Waals surface area contributed by atoms with Gasteiger partial charge >= 0.3 is 0 Å². The minimum Gasteiger partial charge on any atom is -0.393 e. The van der Waals surface area contributed by atoms with Gasteiger partial charge in [0.25, 0.3) is 0 Å². The molecular formula is C27H42O5. The van der Waals surface area contributed by atoms with Gasteiger partial charge in [-0.1, -0.05) is 27.7 Å². The van der Waals surface area contributed by atoms with E-state index < -0.39 is 17.3 Å². The van der Waals surface area contributed by atoms with E-state index in [1.54, 1.807) is 0 Å². The number of fused-ring (bicyclic) bond motifs is 7. The van der Waals surface area contributed by atoms with Crippen LogP contribution in [0.15, 0.2) is 0 Å². The van der Waals surface area contributed by atoms with Gasteiger partial charge < -0.3 is 19.7 Å². The van der Waals surface area contributed by atoms with Crippen LogP contribution >= 0.6 is 0 Å². The van der Waals surface area contributed by atoms with Crippen molar-refractivity contribution < 1.29 is 24.5 Å². The molecule has 13 atom stereocenters. The van der Waals surface area contributed by atoms with Crippen LogP contribution in [-0.4, -0.2) is 46.7 Å². The van der Waals surface area contributed by atoms with Gasteiger partial charge in [-0.25, -0.2) is 0 Å². The lowest BCUT2D eigenvalue weighted by molar-refractivity contribution is -0.273.